The molecule has 1 N–H and O–H groups in total. The van der Waals surface area contributed by atoms with Crippen molar-refractivity contribution in [2.45, 2.75) is 81.1 Å². The van der Waals surface area contributed by atoms with Crippen LogP contribution in [-0.4, -0.2) is 39.3 Å². The minimum Gasteiger partial charge on any atom is -0.389 e. The lowest BCUT2D eigenvalue weighted by atomic mass is 9.81. The van der Waals surface area contributed by atoms with Crippen LogP contribution in [0.4, 0.5) is 0 Å². The number of aliphatic hydroxyl groups is 1. The molecule has 142 valence electrons. The van der Waals surface area contributed by atoms with Crippen LogP contribution in [0.25, 0.3) is 0 Å². The lowest BCUT2D eigenvalue weighted by Gasteiger charge is -2.44. The summed E-state index contributed by atoms with van der Waals surface area (Å²) < 4.78 is 0. The number of fused-ring (bicyclic) bond motifs is 2. The number of piperidine rings is 1. The highest BCUT2D eigenvalue weighted by Gasteiger charge is 2.49. The number of carbonyl (C=O) groups is 1. The first-order valence-corrected chi connectivity index (χ1v) is 9.98. The van der Waals surface area contributed by atoms with Gasteiger partial charge in [0.2, 0.25) is 5.91 Å². The molecule has 2 fully saturated rings. The van der Waals surface area contributed by atoms with Crippen molar-refractivity contribution >= 4 is 5.91 Å². The van der Waals surface area contributed by atoms with E-state index in [1.165, 1.54) is 0 Å². The van der Waals surface area contributed by atoms with Crippen LogP contribution >= 0.6 is 0 Å². The van der Waals surface area contributed by atoms with Crippen molar-refractivity contribution in [3.8, 4) is 12.3 Å². The lowest BCUT2D eigenvalue weighted by molar-refractivity contribution is -0.141. The van der Waals surface area contributed by atoms with Crippen LogP contribution in [0.15, 0.2) is 40.6 Å². The van der Waals surface area contributed by atoms with E-state index in [0.29, 0.717) is 38.5 Å². The number of rotatable bonds is 7. The van der Waals surface area contributed by atoms with Crippen LogP contribution in [0.3, 0.4) is 0 Å². The third-order valence-electron chi connectivity index (χ3n) is 6.31. The Morgan fingerprint density at radius 1 is 1.19 bits per heavy atom. The molecule has 5 heteroatoms. The second-order valence-corrected chi connectivity index (χ2v) is 8.37. The van der Waals surface area contributed by atoms with E-state index in [1.807, 2.05) is 18.2 Å². The van der Waals surface area contributed by atoms with Gasteiger partial charge >= 0.3 is 0 Å². The highest BCUT2D eigenvalue weighted by Crippen LogP contribution is 2.43. The number of hydrogen-bond donors (Lipinski definition) is 1. The quantitative estimate of drug-likeness (QED) is 0.752. The van der Waals surface area contributed by atoms with E-state index < -0.39 is 11.3 Å². The van der Waals surface area contributed by atoms with Gasteiger partial charge in [0.25, 0.3) is 0 Å². The molecule has 3 heterocycles. The van der Waals surface area contributed by atoms with Gasteiger partial charge in [-0.1, -0.05) is 30.3 Å². The summed E-state index contributed by atoms with van der Waals surface area (Å²) >= 11 is 0. The molecule has 0 radical (unpaired) electrons. The number of carbonyl (C=O) groups excluding carboxylic acids is 1. The van der Waals surface area contributed by atoms with Gasteiger partial charge in [0.1, 0.15) is 0 Å². The molecule has 0 saturated carbocycles. The molecule has 0 spiro atoms. The van der Waals surface area contributed by atoms with Gasteiger partial charge in [0.15, 0.2) is 5.66 Å². The molecule has 3 aliphatic rings. The van der Waals surface area contributed by atoms with Gasteiger partial charge in [0.05, 0.1) is 5.60 Å². The van der Waals surface area contributed by atoms with Gasteiger partial charge in [-0.3, -0.25) is 4.79 Å². The van der Waals surface area contributed by atoms with Crippen molar-refractivity contribution in [1.82, 2.24) is 4.90 Å². The van der Waals surface area contributed by atoms with E-state index in [0.717, 1.165) is 24.8 Å². The number of benzene rings is 1. The molecule has 1 aromatic carbocycles. The molecule has 1 amide bonds. The van der Waals surface area contributed by atoms with Crippen molar-refractivity contribution in [3.05, 3.63) is 35.9 Å². The zero-order valence-corrected chi connectivity index (χ0v) is 15.7. The van der Waals surface area contributed by atoms with Crippen molar-refractivity contribution in [2.24, 2.45) is 10.2 Å². The van der Waals surface area contributed by atoms with Gasteiger partial charge in [0, 0.05) is 44.2 Å². The van der Waals surface area contributed by atoms with Crippen molar-refractivity contribution in [2.75, 3.05) is 0 Å². The van der Waals surface area contributed by atoms with E-state index in [2.05, 4.69) is 33.2 Å². The van der Waals surface area contributed by atoms with Crippen LogP contribution in [0.2, 0.25) is 0 Å². The van der Waals surface area contributed by atoms with Gasteiger partial charge in [-0.25, -0.2) is 0 Å². The average molecular weight is 365 g/mol. The zero-order chi connectivity index (χ0) is 18.9. The van der Waals surface area contributed by atoms with Crippen molar-refractivity contribution in [3.63, 3.8) is 0 Å². The standard InChI is InChI=1S/C22H27N3O2/c1-2-3-12-22(23-24-22)13-11-20(26)25-18-9-10-19(25)16-21(27,15-18)14-17-7-5-4-6-8-17/h1,4-8,18-19,27H,3,9-16H2. The molecule has 0 aliphatic carbocycles. The Balaban J connectivity index is 1.35. The van der Waals surface area contributed by atoms with Gasteiger partial charge < -0.3 is 10.0 Å². The number of hydrogen-bond acceptors (Lipinski definition) is 4. The molecule has 3 aliphatic heterocycles. The fourth-order valence-electron chi connectivity index (χ4n) is 4.95. The largest absolute Gasteiger partial charge is 0.389 e. The molecule has 2 unspecified atom stereocenters. The summed E-state index contributed by atoms with van der Waals surface area (Å²) in [7, 11) is 0. The van der Waals surface area contributed by atoms with Crippen molar-refractivity contribution in [1.29, 1.82) is 0 Å². The van der Waals surface area contributed by atoms with Crippen LogP contribution in [-0.2, 0) is 11.2 Å². The molecule has 5 nitrogen and oxygen atoms in total. The fraction of sp³-hybridized carbons (Fsp3) is 0.591. The Morgan fingerprint density at radius 2 is 1.85 bits per heavy atom. The molecular weight excluding hydrogens is 338 g/mol. The maximum absolute atomic E-state index is 12.9. The normalized spacial score (nSPS) is 30.1. The highest BCUT2D eigenvalue weighted by atomic mass is 16.3. The number of terminal acetylenes is 1. The molecule has 1 aromatic rings. The Morgan fingerprint density at radius 3 is 2.44 bits per heavy atom. The van der Waals surface area contributed by atoms with Crippen LogP contribution < -0.4 is 0 Å². The maximum atomic E-state index is 12.9. The Hall–Kier alpha value is -2.19. The highest BCUT2D eigenvalue weighted by molar-refractivity contribution is 5.77. The summed E-state index contributed by atoms with van der Waals surface area (Å²) in [6, 6.07) is 10.4. The first-order chi connectivity index (χ1) is 13.0. The monoisotopic (exact) mass is 365 g/mol. The van der Waals surface area contributed by atoms with Crippen LogP contribution in [0.1, 0.15) is 56.9 Å². The SMILES string of the molecule is C#CCCC1(CCC(=O)N2C3CCC2CC(O)(Cc2ccccc2)C3)N=N1. The van der Waals surface area contributed by atoms with E-state index in [-0.39, 0.29) is 18.0 Å². The molecule has 2 atom stereocenters. The van der Waals surface area contributed by atoms with Crippen LogP contribution in [0.5, 0.6) is 0 Å². The van der Waals surface area contributed by atoms with Crippen molar-refractivity contribution < 1.29 is 9.90 Å². The minimum absolute atomic E-state index is 0.153. The van der Waals surface area contributed by atoms with E-state index in [4.69, 9.17) is 6.42 Å². The smallest absolute Gasteiger partial charge is 0.223 e. The van der Waals surface area contributed by atoms with Gasteiger partial charge in [-0.2, -0.15) is 10.2 Å². The molecule has 2 saturated heterocycles. The summed E-state index contributed by atoms with van der Waals surface area (Å²) in [6.45, 7) is 0. The molecule has 4 rings (SSSR count). The Labute approximate surface area is 160 Å². The molecular formula is C22H27N3O2. The zero-order valence-electron chi connectivity index (χ0n) is 15.7. The van der Waals surface area contributed by atoms with E-state index in [9.17, 15) is 9.90 Å². The lowest BCUT2D eigenvalue weighted by Crippen LogP contribution is -2.54. The first-order valence-electron chi connectivity index (χ1n) is 9.98. The van der Waals surface area contributed by atoms with Crippen LogP contribution in [0, 0.1) is 12.3 Å². The molecule has 2 bridgehead atoms. The Bertz CT molecular complexity index is 748. The maximum Gasteiger partial charge on any atom is 0.223 e. The number of amides is 1. The fourth-order valence-corrected chi connectivity index (χ4v) is 4.95. The average Bonchev–Trinajstić information content (AvgIpc) is 3.37. The first kappa shape index (κ1) is 18.2. The summed E-state index contributed by atoms with van der Waals surface area (Å²) in [5.74, 6) is 2.81. The summed E-state index contributed by atoms with van der Waals surface area (Å²) in [6.07, 6.45) is 11.8. The molecule has 27 heavy (non-hydrogen) atoms. The summed E-state index contributed by atoms with van der Waals surface area (Å²) in [4.78, 5) is 14.9. The van der Waals surface area contributed by atoms with Gasteiger partial charge in [-0.15, -0.1) is 12.3 Å². The second kappa shape index (κ2) is 7.09. The Kier molecular flexibility index (Phi) is 4.77. The third-order valence-corrected chi connectivity index (χ3v) is 6.31. The molecule has 0 aromatic heterocycles. The summed E-state index contributed by atoms with van der Waals surface area (Å²) in [5.41, 5.74) is 0.0518. The topological polar surface area (TPSA) is 65.3 Å². The van der Waals surface area contributed by atoms with E-state index >= 15 is 0 Å². The van der Waals surface area contributed by atoms with Gasteiger partial charge in [-0.05, 0) is 31.2 Å². The number of nitrogens with zero attached hydrogens (tertiary/aromatic N) is 3. The predicted octanol–water partition coefficient (Wildman–Crippen LogP) is 3.47. The second-order valence-electron chi connectivity index (χ2n) is 8.37. The predicted molar refractivity (Wildman–Crippen MR) is 103 cm³/mol. The third kappa shape index (κ3) is 3.91. The van der Waals surface area contributed by atoms with E-state index in [1.54, 1.807) is 0 Å². The summed E-state index contributed by atoms with van der Waals surface area (Å²) in [5, 5.41) is 19.4. The minimum atomic E-state index is -0.709.